The molecule has 4 heteroatoms. The Bertz CT molecular complexity index is 286. The lowest BCUT2D eigenvalue weighted by Crippen LogP contribution is -1.91. The van der Waals surface area contributed by atoms with Gasteiger partial charge in [-0.25, -0.2) is 0 Å². The molecule has 12 heavy (non-hydrogen) atoms. The molecule has 0 bridgehead atoms. The quantitative estimate of drug-likeness (QED) is 0.671. The van der Waals surface area contributed by atoms with Crippen molar-refractivity contribution in [3.63, 3.8) is 0 Å². The molecule has 1 aromatic heterocycles. The molecule has 0 aliphatic carbocycles. The van der Waals surface area contributed by atoms with Crippen molar-refractivity contribution in [1.29, 1.82) is 0 Å². The van der Waals surface area contributed by atoms with Crippen molar-refractivity contribution < 1.29 is 0 Å². The molecule has 0 amide bonds. The Morgan fingerprint density at radius 3 is 1.83 bits per heavy atom. The maximum Gasteiger partial charge on any atom is 0.0769 e. The van der Waals surface area contributed by atoms with E-state index in [2.05, 4.69) is 4.98 Å². The van der Waals surface area contributed by atoms with Crippen LogP contribution >= 0.6 is 35.0 Å². The molecule has 0 unspecified atom stereocenters. The van der Waals surface area contributed by atoms with E-state index in [4.69, 9.17) is 23.2 Å². The lowest BCUT2D eigenvalue weighted by atomic mass is 10.3. The highest BCUT2D eigenvalue weighted by molar-refractivity contribution is 7.98. The van der Waals surface area contributed by atoms with Gasteiger partial charge in [0.25, 0.3) is 0 Å². The van der Waals surface area contributed by atoms with Crippen molar-refractivity contribution in [2.75, 3.05) is 6.26 Å². The van der Waals surface area contributed by atoms with Gasteiger partial charge in [0.1, 0.15) is 0 Å². The Morgan fingerprint density at radius 1 is 1.08 bits per heavy atom. The summed E-state index contributed by atoms with van der Waals surface area (Å²) in [7, 11) is 0. The van der Waals surface area contributed by atoms with E-state index < -0.39 is 0 Å². The van der Waals surface area contributed by atoms with Gasteiger partial charge in [0, 0.05) is 4.90 Å². The van der Waals surface area contributed by atoms with E-state index in [0.717, 1.165) is 16.3 Å². The number of nitrogens with zero attached hydrogens (tertiary/aromatic N) is 1. The summed E-state index contributed by atoms with van der Waals surface area (Å²) in [5, 5.41) is 1.33. The summed E-state index contributed by atoms with van der Waals surface area (Å²) in [6.45, 7) is 3.76. The fraction of sp³-hybridized carbons (Fsp3) is 0.375. The van der Waals surface area contributed by atoms with E-state index >= 15 is 0 Å². The SMILES string of the molecule is CSc1c(Cl)c(C)nc(C)c1Cl. The van der Waals surface area contributed by atoms with E-state index in [9.17, 15) is 0 Å². The van der Waals surface area contributed by atoms with Crippen LogP contribution < -0.4 is 0 Å². The molecule has 0 aromatic carbocycles. The Morgan fingerprint density at radius 2 is 1.50 bits per heavy atom. The van der Waals surface area contributed by atoms with Gasteiger partial charge < -0.3 is 0 Å². The van der Waals surface area contributed by atoms with Gasteiger partial charge >= 0.3 is 0 Å². The van der Waals surface area contributed by atoms with Crippen molar-refractivity contribution in [3.8, 4) is 0 Å². The third kappa shape index (κ3) is 1.70. The van der Waals surface area contributed by atoms with E-state index in [1.54, 1.807) is 11.8 Å². The summed E-state index contributed by atoms with van der Waals surface area (Å²) in [5.41, 5.74) is 1.67. The van der Waals surface area contributed by atoms with Gasteiger partial charge in [0.05, 0.1) is 21.4 Å². The smallest absolute Gasteiger partial charge is 0.0769 e. The maximum atomic E-state index is 6.00. The Kier molecular flexibility index (Phi) is 3.27. The zero-order valence-electron chi connectivity index (χ0n) is 7.11. The van der Waals surface area contributed by atoms with Crippen LogP contribution in [0.4, 0.5) is 0 Å². The van der Waals surface area contributed by atoms with Crippen LogP contribution in [0.15, 0.2) is 4.90 Å². The zero-order chi connectivity index (χ0) is 9.30. The molecular weight excluding hydrogens is 213 g/mol. The molecule has 0 N–H and O–H groups in total. The number of aromatic nitrogens is 1. The Balaban J connectivity index is 3.42. The topological polar surface area (TPSA) is 12.9 Å². The van der Waals surface area contributed by atoms with Gasteiger partial charge in [-0.2, -0.15) is 0 Å². The highest BCUT2D eigenvalue weighted by Crippen LogP contribution is 2.35. The minimum Gasteiger partial charge on any atom is -0.255 e. The fourth-order valence-electron chi connectivity index (χ4n) is 0.954. The van der Waals surface area contributed by atoms with Crippen LogP contribution in [-0.2, 0) is 0 Å². The fourth-order valence-corrected chi connectivity index (χ4v) is 2.39. The van der Waals surface area contributed by atoms with Gasteiger partial charge in [-0.15, -0.1) is 11.8 Å². The summed E-state index contributed by atoms with van der Waals surface area (Å²) in [6, 6.07) is 0. The average Bonchev–Trinajstić information content (AvgIpc) is 2.02. The van der Waals surface area contributed by atoms with Gasteiger partial charge in [-0.1, -0.05) is 23.2 Å². The van der Waals surface area contributed by atoms with Crippen LogP contribution in [-0.4, -0.2) is 11.2 Å². The van der Waals surface area contributed by atoms with Crippen molar-refractivity contribution in [1.82, 2.24) is 4.98 Å². The summed E-state index contributed by atoms with van der Waals surface area (Å²) in [5.74, 6) is 0. The first-order valence-corrected chi connectivity index (χ1v) is 5.42. The van der Waals surface area contributed by atoms with Crippen LogP contribution in [0.2, 0.25) is 10.0 Å². The number of hydrogen-bond acceptors (Lipinski definition) is 2. The molecule has 1 nitrogen and oxygen atoms in total. The number of rotatable bonds is 1. The number of thioether (sulfide) groups is 1. The Hall–Kier alpha value is 0.0800. The third-order valence-electron chi connectivity index (χ3n) is 1.57. The van der Waals surface area contributed by atoms with Crippen molar-refractivity contribution >= 4 is 35.0 Å². The van der Waals surface area contributed by atoms with E-state index in [1.807, 2.05) is 20.1 Å². The second kappa shape index (κ2) is 3.86. The van der Waals surface area contributed by atoms with Gasteiger partial charge in [0.2, 0.25) is 0 Å². The second-order valence-electron chi connectivity index (χ2n) is 2.44. The van der Waals surface area contributed by atoms with Gasteiger partial charge in [-0.05, 0) is 20.1 Å². The second-order valence-corrected chi connectivity index (χ2v) is 4.02. The van der Waals surface area contributed by atoms with Crippen molar-refractivity contribution in [3.05, 3.63) is 21.4 Å². The number of pyridine rings is 1. The van der Waals surface area contributed by atoms with Gasteiger partial charge in [-0.3, -0.25) is 4.98 Å². The molecule has 0 saturated carbocycles. The molecule has 0 fully saturated rings. The largest absolute Gasteiger partial charge is 0.255 e. The highest BCUT2D eigenvalue weighted by Gasteiger charge is 2.11. The Labute approximate surface area is 86.5 Å². The lowest BCUT2D eigenvalue weighted by molar-refractivity contribution is 1.09. The molecule has 0 atom stereocenters. The minimum atomic E-state index is 0.665. The first-order valence-electron chi connectivity index (χ1n) is 3.44. The first-order chi connectivity index (χ1) is 5.57. The van der Waals surface area contributed by atoms with E-state index in [1.165, 1.54) is 0 Å². The highest BCUT2D eigenvalue weighted by atomic mass is 35.5. The molecule has 0 radical (unpaired) electrons. The number of halogens is 2. The predicted molar refractivity (Wildman–Crippen MR) is 55.5 cm³/mol. The molecule has 1 aromatic rings. The van der Waals surface area contributed by atoms with E-state index in [0.29, 0.717) is 10.0 Å². The number of aryl methyl sites for hydroxylation is 2. The molecule has 66 valence electrons. The molecule has 0 saturated heterocycles. The van der Waals surface area contributed by atoms with Crippen LogP contribution in [0.5, 0.6) is 0 Å². The third-order valence-corrected chi connectivity index (χ3v) is 3.54. The van der Waals surface area contributed by atoms with Gasteiger partial charge in [0.15, 0.2) is 0 Å². The summed E-state index contributed by atoms with van der Waals surface area (Å²) >= 11 is 13.6. The predicted octanol–water partition coefficient (Wildman–Crippen LogP) is 3.73. The van der Waals surface area contributed by atoms with Crippen LogP contribution in [0.3, 0.4) is 0 Å². The maximum absolute atomic E-state index is 6.00. The molecule has 0 aliphatic heterocycles. The summed E-state index contributed by atoms with van der Waals surface area (Å²) in [4.78, 5) is 5.12. The molecule has 1 heterocycles. The standard InChI is InChI=1S/C8H9Cl2NS/c1-4-6(9)8(12-3)7(10)5(2)11-4/h1-3H3. The molecule has 0 spiro atoms. The van der Waals surface area contributed by atoms with E-state index in [-0.39, 0.29) is 0 Å². The molecule has 1 rings (SSSR count). The first kappa shape index (κ1) is 10.2. The van der Waals surface area contributed by atoms with Crippen LogP contribution in [0.25, 0.3) is 0 Å². The lowest BCUT2D eigenvalue weighted by Gasteiger charge is -2.08. The normalized spacial score (nSPS) is 10.4. The average molecular weight is 222 g/mol. The van der Waals surface area contributed by atoms with Crippen molar-refractivity contribution in [2.45, 2.75) is 18.7 Å². The molecular formula is C8H9Cl2NS. The van der Waals surface area contributed by atoms with Crippen molar-refractivity contribution in [2.24, 2.45) is 0 Å². The van der Waals surface area contributed by atoms with Crippen LogP contribution in [0, 0.1) is 13.8 Å². The molecule has 0 aliphatic rings. The number of hydrogen-bond donors (Lipinski definition) is 0. The zero-order valence-corrected chi connectivity index (χ0v) is 9.44. The summed E-state index contributed by atoms with van der Waals surface area (Å²) in [6.07, 6.45) is 1.95. The van der Waals surface area contributed by atoms with Crippen LogP contribution in [0.1, 0.15) is 11.4 Å². The summed E-state index contributed by atoms with van der Waals surface area (Å²) < 4.78 is 0. The minimum absolute atomic E-state index is 0.665. The monoisotopic (exact) mass is 221 g/mol.